The molecule has 98 valence electrons. The fourth-order valence-corrected chi connectivity index (χ4v) is 2.50. The number of hydrogen-bond acceptors (Lipinski definition) is 3. The Balaban J connectivity index is 2.29. The van der Waals surface area contributed by atoms with Crippen LogP contribution in [0.2, 0.25) is 5.02 Å². The number of rotatable bonds is 4. The minimum absolute atomic E-state index is 0.704. The van der Waals surface area contributed by atoms with Gasteiger partial charge in [0.1, 0.15) is 0 Å². The molecule has 0 amide bonds. The van der Waals surface area contributed by atoms with Crippen LogP contribution in [0.4, 0.5) is 0 Å². The first-order valence-corrected chi connectivity index (χ1v) is 7.64. The van der Waals surface area contributed by atoms with Gasteiger partial charge in [0.2, 0.25) is 0 Å². The van der Waals surface area contributed by atoms with Crippen LogP contribution >= 0.6 is 23.4 Å². The maximum absolute atomic E-state index is 5.89. The first-order chi connectivity index (χ1) is 9.24. The third kappa shape index (κ3) is 3.52. The van der Waals surface area contributed by atoms with Gasteiger partial charge in [-0.25, -0.2) is 0 Å². The van der Waals surface area contributed by atoms with Crippen molar-refractivity contribution in [1.29, 1.82) is 0 Å². The first kappa shape index (κ1) is 14.0. The zero-order valence-electron chi connectivity index (χ0n) is 10.6. The Hall–Kier alpha value is -1.45. The topological polar surface area (TPSA) is 38.4 Å². The van der Waals surface area contributed by atoms with Crippen LogP contribution in [0.3, 0.4) is 0 Å². The first-order valence-electron chi connectivity index (χ1n) is 5.86. The highest BCUT2D eigenvalue weighted by atomic mass is 35.5. The summed E-state index contributed by atoms with van der Waals surface area (Å²) in [5.41, 5.74) is 4.04. The highest BCUT2D eigenvalue weighted by molar-refractivity contribution is 7.97. The van der Waals surface area contributed by atoms with E-state index in [4.69, 9.17) is 17.4 Å². The van der Waals surface area contributed by atoms with Gasteiger partial charge in [-0.05, 0) is 24.0 Å². The maximum Gasteiger partial charge on any atom is 0.0971 e. The molecule has 0 aromatic heterocycles. The summed E-state index contributed by atoms with van der Waals surface area (Å²) in [7, 11) is 0. The Kier molecular flexibility index (Phi) is 4.88. The van der Waals surface area contributed by atoms with Crippen molar-refractivity contribution in [2.75, 3.05) is 6.26 Å². The van der Waals surface area contributed by atoms with Crippen LogP contribution in [0.15, 0.2) is 53.6 Å². The third-order valence-electron chi connectivity index (χ3n) is 2.79. The lowest BCUT2D eigenvalue weighted by Crippen LogP contribution is -2.06. The standard InChI is InChI=1S/C15H15ClN2S/c1-19-10-11-2-4-12(5-3-11)15(18-17)13-6-8-14(16)9-7-13/h2-9H,10,17H2,1H3. The summed E-state index contributed by atoms with van der Waals surface area (Å²) < 4.78 is 0. The molecule has 2 rings (SSSR count). The van der Waals surface area contributed by atoms with Crippen molar-refractivity contribution in [2.24, 2.45) is 10.9 Å². The fraction of sp³-hybridized carbons (Fsp3) is 0.133. The van der Waals surface area contributed by atoms with Crippen molar-refractivity contribution in [3.8, 4) is 0 Å². The van der Waals surface area contributed by atoms with Crippen LogP contribution in [0, 0.1) is 0 Å². The Morgan fingerprint density at radius 1 is 1.05 bits per heavy atom. The minimum Gasteiger partial charge on any atom is -0.323 e. The van der Waals surface area contributed by atoms with Gasteiger partial charge in [0, 0.05) is 21.9 Å². The molecule has 0 spiro atoms. The van der Waals surface area contributed by atoms with Crippen molar-refractivity contribution < 1.29 is 0 Å². The number of halogens is 1. The lowest BCUT2D eigenvalue weighted by Gasteiger charge is -2.07. The highest BCUT2D eigenvalue weighted by Crippen LogP contribution is 2.16. The minimum atomic E-state index is 0.704. The van der Waals surface area contributed by atoms with Gasteiger partial charge in [-0.2, -0.15) is 16.9 Å². The van der Waals surface area contributed by atoms with Gasteiger partial charge in [-0.15, -0.1) is 0 Å². The summed E-state index contributed by atoms with van der Waals surface area (Å²) in [4.78, 5) is 0. The number of hydrazone groups is 1. The van der Waals surface area contributed by atoms with Crippen LogP contribution in [0.25, 0.3) is 0 Å². The molecule has 0 saturated heterocycles. The van der Waals surface area contributed by atoms with Gasteiger partial charge in [-0.3, -0.25) is 0 Å². The number of nitrogens with two attached hydrogens (primary N) is 1. The van der Waals surface area contributed by atoms with Crippen LogP contribution in [0.1, 0.15) is 16.7 Å². The summed E-state index contributed by atoms with van der Waals surface area (Å²) in [5.74, 6) is 6.53. The van der Waals surface area contributed by atoms with Crippen molar-refractivity contribution >= 4 is 29.1 Å². The lowest BCUT2D eigenvalue weighted by molar-refractivity contribution is 1.24. The maximum atomic E-state index is 5.89. The number of nitrogens with zero attached hydrogens (tertiary/aromatic N) is 1. The molecule has 2 aromatic rings. The van der Waals surface area contributed by atoms with E-state index in [2.05, 4.69) is 23.5 Å². The van der Waals surface area contributed by atoms with Gasteiger partial charge in [0.15, 0.2) is 0 Å². The van der Waals surface area contributed by atoms with Crippen molar-refractivity contribution in [3.63, 3.8) is 0 Å². The Morgan fingerprint density at radius 3 is 2.05 bits per heavy atom. The molecule has 0 bridgehead atoms. The summed E-state index contributed by atoms with van der Waals surface area (Å²) in [5, 5.41) is 4.61. The average molecular weight is 291 g/mol. The van der Waals surface area contributed by atoms with E-state index in [1.165, 1.54) is 5.56 Å². The van der Waals surface area contributed by atoms with E-state index in [9.17, 15) is 0 Å². The molecule has 0 aliphatic heterocycles. The molecule has 0 unspecified atom stereocenters. The number of thioether (sulfide) groups is 1. The monoisotopic (exact) mass is 290 g/mol. The lowest BCUT2D eigenvalue weighted by atomic mass is 10.0. The van der Waals surface area contributed by atoms with Gasteiger partial charge >= 0.3 is 0 Å². The van der Waals surface area contributed by atoms with E-state index in [-0.39, 0.29) is 0 Å². The summed E-state index contributed by atoms with van der Waals surface area (Å²) in [6.07, 6.45) is 2.09. The van der Waals surface area contributed by atoms with E-state index < -0.39 is 0 Å². The van der Waals surface area contributed by atoms with Gasteiger partial charge in [0.25, 0.3) is 0 Å². The zero-order valence-corrected chi connectivity index (χ0v) is 12.2. The SMILES string of the molecule is CSCc1ccc(C(=NN)c2ccc(Cl)cc2)cc1. The largest absolute Gasteiger partial charge is 0.323 e. The molecule has 0 fully saturated rings. The molecule has 4 heteroatoms. The van der Waals surface area contributed by atoms with Crippen molar-refractivity contribution in [1.82, 2.24) is 0 Å². The van der Waals surface area contributed by atoms with E-state index in [1.54, 1.807) is 11.8 Å². The molecule has 0 radical (unpaired) electrons. The quantitative estimate of drug-likeness (QED) is 0.527. The van der Waals surface area contributed by atoms with E-state index in [0.717, 1.165) is 22.6 Å². The van der Waals surface area contributed by atoms with Crippen LogP contribution < -0.4 is 5.84 Å². The Labute approximate surface area is 122 Å². The van der Waals surface area contributed by atoms with E-state index in [0.29, 0.717) is 5.02 Å². The van der Waals surface area contributed by atoms with Crippen molar-refractivity contribution in [3.05, 3.63) is 70.2 Å². The second-order valence-corrected chi connectivity index (χ2v) is 5.42. The number of benzene rings is 2. The second kappa shape index (κ2) is 6.64. The molecule has 2 N–H and O–H groups in total. The normalized spacial score (nSPS) is 11.6. The molecule has 2 nitrogen and oxygen atoms in total. The third-order valence-corrected chi connectivity index (χ3v) is 3.66. The molecule has 0 aliphatic carbocycles. The summed E-state index contributed by atoms with van der Waals surface area (Å²) in [6.45, 7) is 0. The smallest absolute Gasteiger partial charge is 0.0971 e. The van der Waals surface area contributed by atoms with Crippen LogP contribution in [0.5, 0.6) is 0 Å². The van der Waals surface area contributed by atoms with Gasteiger partial charge in [0.05, 0.1) is 5.71 Å². The average Bonchev–Trinajstić information content (AvgIpc) is 2.44. The molecule has 0 heterocycles. The molecule has 0 saturated carbocycles. The predicted molar refractivity (Wildman–Crippen MR) is 84.9 cm³/mol. The van der Waals surface area contributed by atoms with Crippen molar-refractivity contribution in [2.45, 2.75) is 5.75 Å². The van der Waals surface area contributed by atoms with Crippen LogP contribution in [-0.2, 0) is 5.75 Å². The molecule has 19 heavy (non-hydrogen) atoms. The Bertz CT molecular complexity index is 562. The zero-order chi connectivity index (χ0) is 13.7. The van der Waals surface area contributed by atoms with Crippen LogP contribution in [-0.4, -0.2) is 12.0 Å². The van der Waals surface area contributed by atoms with Gasteiger partial charge < -0.3 is 5.84 Å². The highest BCUT2D eigenvalue weighted by Gasteiger charge is 2.06. The fourth-order valence-electron chi connectivity index (χ4n) is 1.85. The van der Waals surface area contributed by atoms with E-state index >= 15 is 0 Å². The Morgan fingerprint density at radius 2 is 1.58 bits per heavy atom. The molecular weight excluding hydrogens is 276 g/mol. The molecule has 2 aromatic carbocycles. The van der Waals surface area contributed by atoms with Gasteiger partial charge in [-0.1, -0.05) is 48.0 Å². The molecular formula is C15H15ClN2S. The predicted octanol–water partition coefficient (Wildman–Crippen LogP) is 3.91. The molecule has 0 atom stereocenters. The summed E-state index contributed by atoms with van der Waals surface area (Å²) >= 11 is 7.69. The molecule has 0 aliphatic rings. The summed E-state index contributed by atoms with van der Waals surface area (Å²) in [6, 6.07) is 15.8. The van der Waals surface area contributed by atoms with E-state index in [1.807, 2.05) is 36.4 Å². The second-order valence-electron chi connectivity index (χ2n) is 4.11. The number of hydrogen-bond donors (Lipinski definition) is 1.